The van der Waals surface area contributed by atoms with E-state index in [4.69, 9.17) is 0 Å². The number of carbonyl (C=O) groups is 1. The maximum atomic E-state index is 12.0. The van der Waals surface area contributed by atoms with Gasteiger partial charge in [0.15, 0.2) is 9.84 Å². The summed E-state index contributed by atoms with van der Waals surface area (Å²) in [4.78, 5) is 11.3. The molecule has 0 heterocycles. The van der Waals surface area contributed by atoms with Crippen LogP contribution < -0.4 is 5.32 Å². The highest BCUT2D eigenvalue weighted by Crippen LogP contribution is 2.17. The van der Waals surface area contributed by atoms with Crippen molar-refractivity contribution in [1.82, 2.24) is 5.32 Å². The molecular weight excluding hydrogens is 283 g/mol. The van der Waals surface area contributed by atoms with Gasteiger partial charge in [-0.2, -0.15) is 13.2 Å². The molecule has 1 aromatic rings. The van der Waals surface area contributed by atoms with Crippen molar-refractivity contribution in [3.63, 3.8) is 0 Å². The highest BCUT2D eigenvalue weighted by Gasteiger charge is 2.33. The van der Waals surface area contributed by atoms with Crippen LogP contribution in [0.15, 0.2) is 35.2 Å². The normalized spacial score (nSPS) is 13.9. The fourth-order valence-electron chi connectivity index (χ4n) is 1.29. The average molecular weight is 295 g/mol. The number of nitrogens with one attached hydrogen (secondary N) is 1. The molecule has 0 spiro atoms. The number of hydrogen-bond acceptors (Lipinski definition) is 3. The quantitative estimate of drug-likeness (QED) is 0.916. The van der Waals surface area contributed by atoms with E-state index in [2.05, 4.69) is 0 Å². The number of alkyl halides is 3. The van der Waals surface area contributed by atoms with Gasteiger partial charge in [0.05, 0.1) is 4.90 Å². The standard InChI is InChI=1S/C11H12F3NO3S/c1-8(10(16)15-7-11(12,13)14)19(17,18)9-5-3-2-4-6-9/h2-6,8H,7H2,1H3,(H,15,16). The molecule has 0 saturated carbocycles. The van der Waals surface area contributed by atoms with Crippen LogP contribution in [0.25, 0.3) is 0 Å². The largest absolute Gasteiger partial charge is 0.405 e. The Bertz CT molecular complexity index is 540. The molecule has 8 heteroatoms. The van der Waals surface area contributed by atoms with Gasteiger partial charge < -0.3 is 5.32 Å². The Morgan fingerprint density at radius 1 is 1.26 bits per heavy atom. The van der Waals surface area contributed by atoms with Crippen molar-refractivity contribution < 1.29 is 26.4 Å². The SMILES string of the molecule is CC(C(=O)NCC(F)(F)F)S(=O)(=O)c1ccccc1. The Hall–Kier alpha value is -1.57. The Labute approximate surface area is 108 Å². The van der Waals surface area contributed by atoms with Gasteiger partial charge >= 0.3 is 6.18 Å². The van der Waals surface area contributed by atoms with E-state index in [1.54, 1.807) is 11.4 Å². The minimum absolute atomic E-state index is 0.107. The van der Waals surface area contributed by atoms with Crippen LogP contribution in [0.1, 0.15) is 6.92 Å². The van der Waals surface area contributed by atoms with Crippen molar-refractivity contribution in [2.75, 3.05) is 6.54 Å². The van der Waals surface area contributed by atoms with Gasteiger partial charge in [0.25, 0.3) is 0 Å². The molecule has 1 aromatic carbocycles. The third-order valence-electron chi connectivity index (χ3n) is 2.37. The third kappa shape index (κ3) is 4.23. The van der Waals surface area contributed by atoms with Crippen molar-refractivity contribution in [3.05, 3.63) is 30.3 Å². The van der Waals surface area contributed by atoms with E-state index >= 15 is 0 Å². The first-order chi connectivity index (χ1) is 8.64. The number of sulfone groups is 1. The molecule has 1 N–H and O–H groups in total. The van der Waals surface area contributed by atoms with Crippen LogP contribution >= 0.6 is 0 Å². The number of halogens is 3. The van der Waals surface area contributed by atoms with Gasteiger partial charge in [-0.05, 0) is 19.1 Å². The van der Waals surface area contributed by atoms with E-state index < -0.39 is 33.7 Å². The molecular formula is C11H12F3NO3S. The van der Waals surface area contributed by atoms with Gasteiger partial charge in [-0.25, -0.2) is 8.42 Å². The van der Waals surface area contributed by atoms with E-state index in [0.717, 1.165) is 6.92 Å². The maximum absolute atomic E-state index is 12.0. The minimum atomic E-state index is -4.58. The summed E-state index contributed by atoms with van der Waals surface area (Å²) in [6.45, 7) is -0.505. The molecule has 1 rings (SSSR count). The Morgan fingerprint density at radius 3 is 2.26 bits per heavy atom. The van der Waals surface area contributed by atoms with E-state index in [0.29, 0.717) is 0 Å². The van der Waals surface area contributed by atoms with Gasteiger partial charge in [-0.1, -0.05) is 18.2 Å². The van der Waals surface area contributed by atoms with Gasteiger partial charge in [-0.15, -0.1) is 0 Å². The fourth-order valence-corrected chi connectivity index (χ4v) is 2.60. The predicted octanol–water partition coefficient (Wildman–Crippen LogP) is 1.53. The summed E-state index contributed by atoms with van der Waals surface area (Å²) in [6.07, 6.45) is -4.58. The lowest BCUT2D eigenvalue weighted by molar-refractivity contribution is -0.138. The summed E-state index contributed by atoms with van der Waals surface area (Å²) < 4.78 is 59.7. The lowest BCUT2D eigenvalue weighted by Crippen LogP contribution is -2.42. The summed E-state index contributed by atoms with van der Waals surface area (Å²) in [7, 11) is -3.99. The lowest BCUT2D eigenvalue weighted by atomic mass is 10.4. The number of rotatable bonds is 4. The molecule has 19 heavy (non-hydrogen) atoms. The van der Waals surface area contributed by atoms with E-state index in [1.807, 2.05) is 0 Å². The first-order valence-corrected chi connectivity index (χ1v) is 6.82. The summed E-state index contributed by atoms with van der Waals surface area (Å²) in [6, 6.07) is 7.08. The smallest absolute Gasteiger partial charge is 0.346 e. The highest BCUT2D eigenvalue weighted by molar-refractivity contribution is 7.92. The Kier molecular flexibility index (Phi) is 4.56. The van der Waals surface area contributed by atoms with Crippen molar-refractivity contribution in [1.29, 1.82) is 0 Å². The van der Waals surface area contributed by atoms with Crippen LogP contribution in [-0.4, -0.2) is 32.3 Å². The van der Waals surface area contributed by atoms with Crippen molar-refractivity contribution >= 4 is 15.7 Å². The minimum Gasteiger partial charge on any atom is -0.346 e. The van der Waals surface area contributed by atoms with Gasteiger partial charge in [0.2, 0.25) is 5.91 Å². The molecule has 0 radical (unpaired) electrons. The zero-order valence-corrected chi connectivity index (χ0v) is 10.8. The average Bonchev–Trinajstić information content (AvgIpc) is 2.35. The van der Waals surface area contributed by atoms with Gasteiger partial charge in [-0.3, -0.25) is 4.79 Å². The molecule has 0 aromatic heterocycles. The van der Waals surface area contributed by atoms with E-state index in [-0.39, 0.29) is 4.90 Å². The van der Waals surface area contributed by atoms with Crippen LogP contribution in [0.4, 0.5) is 13.2 Å². The van der Waals surface area contributed by atoms with Gasteiger partial charge in [0, 0.05) is 0 Å². The topological polar surface area (TPSA) is 63.2 Å². The molecule has 0 saturated heterocycles. The van der Waals surface area contributed by atoms with Crippen LogP contribution in [0.2, 0.25) is 0 Å². The third-order valence-corrected chi connectivity index (χ3v) is 4.44. The van der Waals surface area contributed by atoms with Crippen LogP contribution in [0.3, 0.4) is 0 Å². The Balaban J connectivity index is 2.83. The first-order valence-electron chi connectivity index (χ1n) is 5.28. The van der Waals surface area contributed by atoms with Crippen molar-refractivity contribution in [2.45, 2.75) is 23.2 Å². The molecule has 0 aliphatic heterocycles. The molecule has 1 atom stereocenters. The molecule has 106 valence electrons. The summed E-state index contributed by atoms with van der Waals surface area (Å²) in [5.41, 5.74) is 0. The molecule has 1 amide bonds. The molecule has 0 aliphatic carbocycles. The van der Waals surface area contributed by atoms with E-state index in [1.165, 1.54) is 24.3 Å². The predicted molar refractivity (Wildman–Crippen MR) is 62.2 cm³/mol. The summed E-state index contributed by atoms with van der Waals surface area (Å²) in [5.74, 6) is -1.18. The second kappa shape index (κ2) is 5.60. The monoisotopic (exact) mass is 295 g/mol. The van der Waals surface area contributed by atoms with Crippen molar-refractivity contribution in [3.8, 4) is 0 Å². The second-order valence-corrected chi connectivity index (χ2v) is 6.10. The van der Waals surface area contributed by atoms with Crippen LogP contribution in [0.5, 0.6) is 0 Å². The first kappa shape index (κ1) is 15.5. The molecule has 0 aliphatic rings. The number of hydrogen-bond donors (Lipinski definition) is 1. The van der Waals surface area contributed by atoms with Crippen LogP contribution in [0, 0.1) is 0 Å². The van der Waals surface area contributed by atoms with Gasteiger partial charge in [0.1, 0.15) is 11.8 Å². The second-order valence-electron chi connectivity index (χ2n) is 3.83. The zero-order chi connectivity index (χ0) is 14.7. The van der Waals surface area contributed by atoms with Crippen LogP contribution in [-0.2, 0) is 14.6 Å². The highest BCUT2D eigenvalue weighted by atomic mass is 32.2. The Morgan fingerprint density at radius 2 is 1.79 bits per heavy atom. The molecule has 0 bridgehead atoms. The molecule has 1 unspecified atom stereocenters. The summed E-state index contributed by atoms with van der Waals surface area (Å²) >= 11 is 0. The number of amides is 1. The zero-order valence-electron chi connectivity index (χ0n) is 9.94. The maximum Gasteiger partial charge on any atom is 0.405 e. The number of benzene rings is 1. The van der Waals surface area contributed by atoms with Crippen molar-refractivity contribution in [2.24, 2.45) is 0 Å². The van der Waals surface area contributed by atoms with E-state index in [9.17, 15) is 26.4 Å². The molecule has 0 fully saturated rings. The molecule has 4 nitrogen and oxygen atoms in total. The number of carbonyl (C=O) groups excluding carboxylic acids is 1. The fraction of sp³-hybridized carbons (Fsp3) is 0.364. The lowest BCUT2D eigenvalue weighted by Gasteiger charge is -2.14. The summed E-state index contributed by atoms with van der Waals surface area (Å²) in [5, 5.41) is -0.0307.